The minimum absolute atomic E-state index is 0.146. The van der Waals surface area contributed by atoms with E-state index in [4.69, 9.17) is 4.74 Å². The Kier molecular flexibility index (Phi) is 5.20. The third-order valence-corrected chi connectivity index (χ3v) is 6.66. The van der Waals surface area contributed by atoms with Crippen molar-refractivity contribution in [3.05, 3.63) is 12.5 Å². The summed E-state index contributed by atoms with van der Waals surface area (Å²) in [5.74, 6) is 1.70. The van der Waals surface area contributed by atoms with Gasteiger partial charge in [0, 0.05) is 12.6 Å². The smallest absolute Gasteiger partial charge is 0.306 e. The van der Waals surface area contributed by atoms with Crippen LogP contribution >= 0.6 is 0 Å². The molecule has 0 spiro atoms. The molecule has 2 aliphatic rings. The van der Waals surface area contributed by atoms with E-state index in [9.17, 15) is 8.42 Å². The molecule has 1 aliphatic heterocycles. The van der Waals surface area contributed by atoms with Crippen molar-refractivity contribution in [1.82, 2.24) is 8.61 Å². The van der Waals surface area contributed by atoms with Gasteiger partial charge in [-0.15, -0.1) is 0 Å². The van der Waals surface area contributed by atoms with Gasteiger partial charge < -0.3 is 4.74 Å². The van der Waals surface area contributed by atoms with Crippen molar-refractivity contribution in [2.45, 2.75) is 52.0 Å². The van der Waals surface area contributed by atoms with Crippen LogP contribution in [0.15, 0.2) is 12.5 Å². The Hall–Kier alpha value is -0.750. The van der Waals surface area contributed by atoms with Crippen molar-refractivity contribution in [3.63, 3.8) is 0 Å². The van der Waals surface area contributed by atoms with Gasteiger partial charge in [-0.25, -0.2) is 4.31 Å². The Morgan fingerprint density at radius 3 is 2.38 bits per heavy atom. The predicted octanol–water partition coefficient (Wildman–Crippen LogP) is 2.57. The van der Waals surface area contributed by atoms with Gasteiger partial charge in [-0.1, -0.05) is 13.8 Å². The fourth-order valence-corrected chi connectivity index (χ4v) is 5.41. The molecule has 0 atom stereocenters. The number of ether oxygens (including phenoxy) is 1. The number of methoxy groups -OCH3 is 1. The molecule has 2 fully saturated rings. The highest BCUT2D eigenvalue weighted by Gasteiger charge is 2.42. The molecule has 5 nitrogen and oxygen atoms in total. The Labute approximate surface area is 129 Å². The first kappa shape index (κ1) is 16.6. The van der Waals surface area contributed by atoms with E-state index in [-0.39, 0.29) is 11.9 Å². The molecule has 1 aliphatic carbocycles. The van der Waals surface area contributed by atoms with E-state index in [1.54, 1.807) is 4.31 Å². The van der Waals surface area contributed by atoms with Gasteiger partial charge in [0.1, 0.15) is 0 Å². The SMILES string of the molecule is C=C(OC)N1CCN(C2CCC(CC(C)C)CC2)S1(=O)=O. The van der Waals surface area contributed by atoms with Crippen LogP contribution in [0.1, 0.15) is 46.0 Å². The van der Waals surface area contributed by atoms with Crippen LogP contribution in [0, 0.1) is 11.8 Å². The molecule has 2 rings (SSSR count). The highest BCUT2D eigenvalue weighted by atomic mass is 32.2. The van der Waals surface area contributed by atoms with E-state index in [2.05, 4.69) is 20.4 Å². The third-order valence-electron chi connectivity index (χ3n) is 4.64. The van der Waals surface area contributed by atoms with Crippen molar-refractivity contribution in [3.8, 4) is 0 Å². The average Bonchev–Trinajstić information content (AvgIpc) is 2.73. The van der Waals surface area contributed by atoms with E-state index in [1.807, 2.05) is 0 Å². The van der Waals surface area contributed by atoms with E-state index < -0.39 is 10.2 Å². The second-order valence-corrected chi connectivity index (χ2v) is 8.40. The van der Waals surface area contributed by atoms with Crippen molar-refractivity contribution in [1.29, 1.82) is 0 Å². The molecular formula is C15H28N2O3S. The number of rotatable bonds is 5. The summed E-state index contributed by atoms with van der Waals surface area (Å²) in [6, 6.07) is 0.146. The van der Waals surface area contributed by atoms with Crippen LogP contribution in [0.25, 0.3) is 0 Å². The fourth-order valence-electron chi connectivity index (χ4n) is 3.61. The zero-order chi connectivity index (χ0) is 15.6. The van der Waals surface area contributed by atoms with Crippen LogP contribution in [0.2, 0.25) is 0 Å². The van der Waals surface area contributed by atoms with Crippen LogP contribution in [-0.2, 0) is 14.9 Å². The largest absolute Gasteiger partial charge is 0.482 e. The van der Waals surface area contributed by atoms with Crippen LogP contribution in [0.5, 0.6) is 0 Å². The standard InChI is InChI=1S/C15H28N2O3S/c1-12(2)11-14-5-7-15(8-6-14)17-10-9-16(13(3)20-4)21(17,18)19/h12,14-15H,3,5-11H2,1-2,4H3. The molecule has 1 saturated heterocycles. The summed E-state index contributed by atoms with van der Waals surface area (Å²) in [6.07, 6.45) is 5.49. The molecule has 6 heteroatoms. The summed E-state index contributed by atoms with van der Waals surface area (Å²) in [4.78, 5) is 0. The number of hydrogen-bond donors (Lipinski definition) is 0. The molecule has 0 radical (unpaired) electrons. The van der Waals surface area contributed by atoms with Gasteiger partial charge in [-0.3, -0.25) is 0 Å². The minimum atomic E-state index is -3.44. The molecule has 0 aromatic heterocycles. The molecular weight excluding hydrogens is 288 g/mol. The van der Waals surface area contributed by atoms with Crippen molar-refractivity contribution in [2.24, 2.45) is 11.8 Å². The second kappa shape index (κ2) is 6.57. The predicted molar refractivity (Wildman–Crippen MR) is 83.7 cm³/mol. The molecule has 0 aromatic carbocycles. The molecule has 122 valence electrons. The molecule has 1 heterocycles. The van der Waals surface area contributed by atoms with Crippen LogP contribution in [-0.4, -0.2) is 43.3 Å². The molecule has 0 amide bonds. The monoisotopic (exact) mass is 316 g/mol. The molecule has 21 heavy (non-hydrogen) atoms. The molecule has 0 bridgehead atoms. The average molecular weight is 316 g/mol. The van der Waals surface area contributed by atoms with Gasteiger partial charge in [0.05, 0.1) is 13.7 Å². The van der Waals surface area contributed by atoms with Crippen molar-refractivity contribution >= 4 is 10.2 Å². The first-order chi connectivity index (χ1) is 9.86. The lowest BCUT2D eigenvalue weighted by Crippen LogP contribution is -2.41. The van der Waals surface area contributed by atoms with Gasteiger partial charge >= 0.3 is 10.2 Å². The summed E-state index contributed by atoms with van der Waals surface area (Å²) >= 11 is 0. The van der Waals surface area contributed by atoms with Gasteiger partial charge in [0.2, 0.25) is 0 Å². The highest BCUT2D eigenvalue weighted by molar-refractivity contribution is 7.87. The molecule has 0 unspecified atom stereocenters. The van der Waals surface area contributed by atoms with E-state index in [0.29, 0.717) is 13.1 Å². The van der Waals surface area contributed by atoms with Crippen molar-refractivity contribution in [2.75, 3.05) is 20.2 Å². The Morgan fingerprint density at radius 1 is 1.24 bits per heavy atom. The summed E-state index contributed by atoms with van der Waals surface area (Å²) in [6.45, 7) is 9.17. The fraction of sp³-hybridized carbons (Fsp3) is 0.867. The van der Waals surface area contributed by atoms with Crippen molar-refractivity contribution < 1.29 is 13.2 Å². The maximum absolute atomic E-state index is 12.6. The molecule has 1 saturated carbocycles. The molecule has 0 aromatic rings. The summed E-state index contributed by atoms with van der Waals surface area (Å²) in [5, 5.41) is 0. The van der Waals surface area contributed by atoms with E-state index >= 15 is 0 Å². The van der Waals surface area contributed by atoms with Gasteiger partial charge in [0.25, 0.3) is 0 Å². The van der Waals surface area contributed by atoms with E-state index in [1.165, 1.54) is 17.8 Å². The third kappa shape index (κ3) is 3.54. The van der Waals surface area contributed by atoms with Gasteiger partial charge in [-0.05, 0) is 50.5 Å². The summed E-state index contributed by atoms with van der Waals surface area (Å²) in [5.41, 5.74) is 0. The Bertz CT molecular complexity index is 467. The summed E-state index contributed by atoms with van der Waals surface area (Å²) < 4.78 is 33.1. The van der Waals surface area contributed by atoms with Crippen LogP contribution in [0.3, 0.4) is 0 Å². The maximum Gasteiger partial charge on any atom is 0.306 e. The van der Waals surface area contributed by atoms with Gasteiger partial charge in [-0.2, -0.15) is 12.7 Å². The lowest BCUT2D eigenvalue weighted by atomic mass is 9.81. The minimum Gasteiger partial charge on any atom is -0.482 e. The lowest BCUT2D eigenvalue weighted by molar-refractivity contribution is 0.208. The second-order valence-electron chi connectivity index (χ2n) is 6.59. The first-order valence-corrected chi connectivity index (χ1v) is 9.28. The zero-order valence-electron chi connectivity index (χ0n) is 13.4. The first-order valence-electron chi connectivity index (χ1n) is 7.88. The normalized spacial score (nSPS) is 29.8. The topological polar surface area (TPSA) is 49.9 Å². The van der Waals surface area contributed by atoms with E-state index in [0.717, 1.165) is 37.5 Å². The number of nitrogens with zero attached hydrogens (tertiary/aromatic N) is 2. The van der Waals surface area contributed by atoms with Gasteiger partial charge in [0.15, 0.2) is 5.88 Å². The maximum atomic E-state index is 12.6. The Balaban J connectivity index is 1.97. The van der Waals surface area contributed by atoms with Crippen LogP contribution < -0.4 is 0 Å². The zero-order valence-corrected chi connectivity index (χ0v) is 14.2. The Morgan fingerprint density at radius 2 is 1.86 bits per heavy atom. The quantitative estimate of drug-likeness (QED) is 0.733. The van der Waals surface area contributed by atoms with Crippen LogP contribution in [0.4, 0.5) is 0 Å². The summed E-state index contributed by atoms with van der Waals surface area (Å²) in [7, 11) is -1.98. The lowest BCUT2D eigenvalue weighted by Gasteiger charge is -2.34. The molecule has 0 N–H and O–H groups in total. The number of hydrogen-bond acceptors (Lipinski definition) is 3. The highest BCUT2D eigenvalue weighted by Crippen LogP contribution is 2.35.